The van der Waals surface area contributed by atoms with Crippen molar-refractivity contribution in [1.82, 2.24) is 19.7 Å². The van der Waals surface area contributed by atoms with Gasteiger partial charge in [-0.05, 0) is 50.5 Å². The number of fused-ring (bicyclic) bond motifs is 1. The van der Waals surface area contributed by atoms with Gasteiger partial charge in [-0.1, -0.05) is 48.0 Å². The summed E-state index contributed by atoms with van der Waals surface area (Å²) in [7, 11) is 0. The number of carbonyl (C=O) groups is 2. The van der Waals surface area contributed by atoms with Crippen molar-refractivity contribution in [1.29, 1.82) is 0 Å². The number of benzene rings is 2. The molecule has 3 heterocycles. The zero-order chi connectivity index (χ0) is 24.4. The lowest BCUT2D eigenvalue weighted by molar-refractivity contribution is -0.121. The maximum absolute atomic E-state index is 13.5. The molecule has 178 valence electrons. The van der Waals surface area contributed by atoms with Crippen LogP contribution < -0.4 is 5.32 Å². The summed E-state index contributed by atoms with van der Waals surface area (Å²) in [4.78, 5) is 32.7. The van der Waals surface area contributed by atoms with E-state index in [1.165, 1.54) is 5.56 Å². The number of nitrogens with one attached hydrogen (secondary N) is 1. The number of nitrogens with zero attached hydrogens (tertiary/aromatic N) is 4. The van der Waals surface area contributed by atoms with E-state index in [0.29, 0.717) is 43.7 Å². The summed E-state index contributed by atoms with van der Waals surface area (Å²) in [5, 5.41) is 8.29. The molecule has 1 aliphatic rings. The van der Waals surface area contributed by atoms with Crippen molar-refractivity contribution in [2.75, 3.05) is 18.4 Å². The molecule has 0 unspecified atom stereocenters. The van der Waals surface area contributed by atoms with Gasteiger partial charge in [-0.15, -0.1) is 0 Å². The lowest BCUT2D eigenvalue weighted by Gasteiger charge is -2.31. The van der Waals surface area contributed by atoms with Gasteiger partial charge in [-0.3, -0.25) is 9.59 Å². The standard InChI is InChI=1S/C28H29N5O2/c1-19-8-10-21(11-9-19)18-33-26-25(17-29-33)24(16-20(2)30-26)28(35)32-14-12-22(13-15-32)27(34)31-23-6-4-3-5-7-23/h3-11,16-17,22H,12-15,18H2,1-2H3,(H,31,34). The lowest BCUT2D eigenvalue weighted by atomic mass is 9.95. The molecule has 0 atom stereocenters. The molecule has 2 aromatic carbocycles. The molecule has 0 aliphatic carbocycles. The van der Waals surface area contributed by atoms with Gasteiger partial charge in [0.25, 0.3) is 5.91 Å². The van der Waals surface area contributed by atoms with Crippen molar-refractivity contribution in [2.45, 2.75) is 33.2 Å². The molecule has 0 bridgehead atoms. The van der Waals surface area contributed by atoms with Gasteiger partial charge in [0.1, 0.15) is 0 Å². The number of hydrogen-bond acceptors (Lipinski definition) is 4. The molecule has 1 aliphatic heterocycles. The summed E-state index contributed by atoms with van der Waals surface area (Å²) in [6, 6.07) is 19.7. The Kier molecular flexibility index (Phi) is 6.31. The van der Waals surface area contributed by atoms with Crippen molar-refractivity contribution >= 4 is 28.5 Å². The topological polar surface area (TPSA) is 80.1 Å². The summed E-state index contributed by atoms with van der Waals surface area (Å²) in [6.07, 6.45) is 3.03. The Labute approximate surface area is 204 Å². The molecule has 0 radical (unpaired) electrons. The van der Waals surface area contributed by atoms with Gasteiger partial charge in [0, 0.05) is 30.4 Å². The quantitative estimate of drug-likeness (QED) is 0.466. The number of hydrogen-bond donors (Lipinski definition) is 1. The number of carbonyl (C=O) groups excluding carboxylic acids is 2. The SMILES string of the molecule is Cc1ccc(Cn2ncc3c(C(=O)N4CCC(C(=O)Nc5ccccc5)CC4)cc(C)nc32)cc1. The normalized spacial score (nSPS) is 14.3. The third-order valence-electron chi connectivity index (χ3n) is 6.61. The van der Waals surface area contributed by atoms with Crippen LogP contribution in [0, 0.1) is 19.8 Å². The fourth-order valence-corrected chi connectivity index (χ4v) is 4.61. The Morgan fingerprint density at radius 2 is 1.71 bits per heavy atom. The number of piperidine rings is 1. The van der Waals surface area contributed by atoms with Crippen LogP contribution in [0.15, 0.2) is 66.9 Å². The molecular formula is C28H29N5O2. The Balaban J connectivity index is 1.30. The second kappa shape index (κ2) is 9.70. The lowest BCUT2D eigenvalue weighted by Crippen LogP contribution is -2.41. The molecule has 2 aromatic heterocycles. The summed E-state index contributed by atoms with van der Waals surface area (Å²) >= 11 is 0. The number of rotatable bonds is 5. The highest BCUT2D eigenvalue weighted by Gasteiger charge is 2.29. The molecule has 0 spiro atoms. The highest BCUT2D eigenvalue weighted by Crippen LogP contribution is 2.25. The summed E-state index contributed by atoms with van der Waals surface area (Å²) in [5.74, 6) is -0.115. The van der Waals surface area contributed by atoms with Crippen LogP contribution in [0.25, 0.3) is 11.0 Å². The molecule has 7 nitrogen and oxygen atoms in total. The monoisotopic (exact) mass is 467 g/mol. The minimum atomic E-state index is -0.101. The first-order valence-corrected chi connectivity index (χ1v) is 12.0. The molecule has 7 heteroatoms. The van der Waals surface area contributed by atoms with Crippen LogP contribution >= 0.6 is 0 Å². The molecule has 35 heavy (non-hydrogen) atoms. The zero-order valence-corrected chi connectivity index (χ0v) is 20.1. The van der Waals surface area contributed by atoms with Gasteiger partial charge in [-0.2, -0.15) is 5.10 Å². The van der Waals surface area contributed by atoms with Crippen molar-refractivity contribution in [3.63, 3.8) is 0 Å². The average molecular weight is 468 g/mol. The largest absolute Gasteiger partial charge is 0.339 e. The van der Waals surface area contributed by atoms with E-state index in [9.17, 15) is 9.59 Å². The van der Waals surface area contributed by atoms with Crippen LogP contribution in [-0.2, 0) is 11.3 Å². The van der Waals surface area contributed by atoms with Crippen molar-refractivity contribution < 1.29 is 9.59 Å². The maximum Gasteiger partial charge on any atom is 0.254 e. The molecule has 1 saturated heterocycles. The highest BCUT2D eigenvalue weighted by atomic mass is 16.2. The van der Waals surface area contributed by atoms with Crippen molar-refractivity contribution in [3.05, 3.63) is 89.2 Å². The fraction of sp³-hybridized carbons (Fsp3) is 0.286. The average Bonchev–Trinajstić information content (AvgIpc) is 3.27. The number of anilines is 1. The number of likely N-dealkylation sites (tertiary alicyclic amines) is 1. The minimum absolute atomic E-state index is 0.0165. The van der Waals surface area contributed by atoms with E-state index < -0.39 is 0 Å². The van der Waals surface area contributed by atoms with Crippen LogP contribution in [-0.4, -0.2) is 44.6 Å². The molecule has 1 fully saturated rings. The van der Waals surface area contributed by atoms with Crippen LogP contribution in [0.3, 0.4) is 0 Å². The number of pyridine rings is 1. The first-order valence-electron chi connectivity index (χ1n) is 12.0. The van der Waals surface area contributed by atoms with E-state index in [2.05, 4.69) is 46.6 Å². The fourth-order valence-electron chi connectivity index (χ4n) is 4.61. The Bertz CT molecular complexity index is 1350. The van der Waals surface area contributed by atoms with E-state index in [0.717, 1.165) is 22.3 Å². The molecule has 5 rings (SSSR count). The number of aromatic nitrogens is 3. The number of amides is 2. The van der Waals surface area contributed by atoms with E-state index >= 15 is 0 Å². The van der Waals surface area contributed by atoms with E-state index in [-0.39, 0.29) is 17.7 Å². The van der Waals surface area contributed by atoms with Gasteiger partial charge in [0.15, 0.2) is 5.65 Å². The van der Waals surface area contributed by atoms with E-state index in [1.54, 1.807) is 6.20 Å². The summed E-state index contributed by atoms with van der Waals surface area (Å²) in [5.41, 5.74) is 5.26. The van der Waals surface area contributed by atoms with Crippen LogP contribution in [0.4, 0.5) is 5.69 Å². The molecular weight excluding hydrogens is 438 g/mol. The third-order valence-corrected chi connectivity index (χ3v) is 6.61. The predicted molar refractivity (Wildman–Crippen MR) is 136 cm³/mol. The Hall–Kier alpha value is -4.00. The zero-order valence-electron chi connectivity index (χ0n) is 20.1. The van der Waals surface area contributed by atoms with Crippen LogP contribution in [0.1, 0.15) is 40.0 Å². The second-order valence-electron chi connectivity index (χ2n) is 9.26. The summed E-state index contributed by atoms with van der Waals surface area (Å²) in [6.45, 7) is 5.65. The van der Waals surface area contributed by atoms with Gasteiger partial charge < -0.3 is 10.2 Å². The Morgan fingerprint density at radius 1 is 1.00 bits per heavy atom. The van der Waals surface area contributed by atoms with Crippen LogP contribution in [0.2, 0.25) is 0 Å². The first kappa shape index (κ1) is 22.8. The maximum atomic E-state index is 13.5. The van der Waals surface area contributed by atoms with Crippen LogP contribution in [0.5, 0.6) is 0 Å². The smallest absolute Gasteiger partial charge is 0.254 e. The predicted octanol–water partition coefficient (Wildman–Crippen LogP) is 4.59. The number of para-hydroxylation sites is 1. The van der Waals surface area contributed by atoms with E-state index in [4.69, 9.17) is 0 Å². The second-order valence-corrected chi connectivity index (χ2v) is 9.26. The minimum Gasteiger partial charge on any atom is -0.339 e. The molecule has 2 amide bonds. The molecule has 0 saturated carbocycles. The van der Waals surface area contributed by atoms with Gasteiger partial charge in [0.2, 0.25) is 5.91 Å². The Morgan fingerprint density at radius 3 is 2.43 bits per heavy atom. The third kappa shape index (κ3) is 4.94. The molecule has 1 N–H and O–H groups in total. The summed E-state index contributed by atoms with van der Waals surface area (Å²) < 4.78 is 1.85. The van der Waals surface area contributed by atoms with Gasteiger partial charge >= 0.3 is 0 Å². The highest BCUT2D eigenvalue weighted by molar-refractivity contribution is 6.05. The van der Waals surface area contributed by atoms with Crippen molar-refractivity contribution in [3.8, 4) is 0 Å². The number of aryl methyl sites for hydroxylation is 2. The van der Waals surface area contributed by atoms with E-state index in [1.807, 2.05) is 52.9 Å². The van der Waals surface area contributed by atoms with Gasteiger partial charge in [-0.25, -0.2) is 9.67 Å². The van der Waals surface area contributed by atoms with Crippen molar-refractivity contribution in [2.24, 2.45) is 5.92 Å². The first-order chi connectivity index (χ1) is 17.0. The molecule has 4 aromatic rings. The van der Waals surface area contributed by atoms with Gasteiger partial charge in [0.05, 0.1) is 23.7 Å².